The molecule has 208 valence electrons. The van der Waals surface area contributed by atoms with Crippen LogP contribution in [0.2, 0.25) is 0 Å². The number of benzene rings is 4. The van der Waals surface area contributed by atoms with Crippen LogP contribution in [0.15, 0.2) is 109 Å². The van der Waals surface area contributed by atoms with Crippen LogP contribution in [0.4, 0.5) is 0 Å². The molecule has 0 saturated carbocycles. The van der Waals surface area contributed by atoms with Crippen molar-refractivity contribution in [1.82, 2.24) is 0 Å². The zero-order valence-corrected chi connectivity index (χ0v) is 23.4. The van der Waals surface area contributed by atoms with Crippen LogP contribution in [-0.2, 0) is 15.6 Å². The molecular weight excluding hydrogens is 504 g/mol. The first-order valence-corrected chi connectivity index (χ1v) is 12.9. The van der Waals surface area contributed by atoms with Gasteiger partial charge in [-0.1, -0.05) is 76.2 Å². The molecule has 0 amide bonds. The Morgan fingerprint density at radius 3 is 1.12 bits per heavy atom. The second kappa shape index (κ2) is 12.4. The average Bonchev–Trinajstić information content (AvgIpc) is 2.93. The minimum absolute atomic E-state index is 0.137. The number of rotatable bonds is 7. The number of aliphatic carboxylic acids is 1. The summed E-state index contributed by atoms with van der Waals surface area (Å²) in [6, 6.07) is 29.1. The number of phenols is 3. The predicted molar refractivity (Wildman–Crippen MR) is 157 cm³/mol. The molecule has 6 heteroatoms. The Morgan fingerprint density at radius 1 is 0.575 bits per heavy atom. The molecule has 4 rings (SSSR count). The van der Waals surface area contributed by atoms with Gasteiger partial charge in [-0.25, -0.2) is 4.79 Å². The fraction of sp³-hybridized carbons (Fsp3) is 0.206. The van der Waals surface area contributed by atoms with E-state index in [-0.39, 0.29) is 33.7 Å². The first-order valence-electron chi connectivity index (χ1n) is 12.9. The summed E-state index contributed by atoms with van der Waals surface area (Å²) in [5.74, 6) is 0.366. The van der Waals surface area contributed by atoms with Gasteiger partial charge < -0.3 is 25.2 Å². The van der Waals surface area contributed by atoms with Crippen LogP contribution in [0.5, 0.6) is 23.0 Å². The number of hydrogen-bond donors (Lipinski definition) is 4. The van der Waals surface area contributed by atoms with Gasteiger partial charge in [-0.05, 0) is 77.7 Å². The van der Waals surface area contributed by atoms with E-state index >= 15 is 0 Å². The summed E-state index contributed by atoms with van der Waals surface area (Å²) in [6.45, 7) is 9.91. The van der Waals surface area contributed by atoms with E-state index in [9.17, 15) is 20.1 Å². The molecule has 4 aromatic carbocycles. The fourth-order valence-corrected chi connectivity index (χ4v) is 4.12. The first kappa shape index (κ1) is 29.8. The maximum absolute atomic E-state index is 10.7. The van der Waals surface area contributed by atoms with Gasteiger partial charge in [0.2, 0.25) is 0 Å². The molecule has 0 unspecified atom stereocenters. The number of phenolic OH excluding ortho intramolecular Hbond substituents is 3. The van der Waals surface area contributed by atoms with E-state index in [2.05, 4.69) is 27.7 Å². The summed E-state index contributed by atoms with van der Waals surface area (Å²) in [5.41, 5.74) is 4.20. The minimum Gasteiger partial charge on any atom is -0.508 e. The highest BCUT2D eigenvalue weighted by atomic mass is 16.5. The van der Waals surface area contributed by atoms with Crippen LogP contribution in [0.3, 0.4) is 0 Å². The van der Waals surface area contributed by atoms with Crippen LogP contribution in [-0.4, -0.2) is 26.4 Å². The van der Waals surface area contributed by atoms with Crippen LogP contribution in [0, 0.1) is 0 Å². The summed E-state index contributed by atoms with van der Waals surface area (Å²) in [5, 5.41) is 36.8. The average molecular weight is 541 g/mol. The van der Waals surface area contributed by atoms with Gasteiger partial charge in [-0.2, -0.15) is 0 Å². The number of aromatic hydroxyl groups is 3. The van der Waals surface area contributed by atoms with Crippen molar-refractivity contribution >= 4 is 5.97 Å². The van der Waals surface area contributed by atoms with E-state index in [1.54, 1.807) is 36.4 Å². The highest BCUT2D eigenvalue weighted by molar-refractivity contribution is 5.85. The van der Waals surface area contributed by atoms with Crippen molar-refractivity contribution < 1.29 is 30.0 Å². The van der Waals surface area contributed by atoms with E-state index in [4.69, 9.17) is 9.84 Å². The number of carbonyl (C=O) groups is 1. The predicted octanol–water partition coefficient (Wildman–Crippen LogP) is 7.51. The maximum Gasteiger partial charge on any atom is 0.334 e. The summed E-state index contributed by atoms with van der Waals surface area (Å²) < 4.78 is 5.34. The molecule has 0 bridgehead atoms. The fourth-order valence-electron chi connectivity index (χ4n) is 4.12. The standard InChI is InChI=1S/C19H20O4.C15H16O2/c1-13(18(21)22)12-23-17-10-6-15(7-11-17)19(2,3)14-4-8-16(20)9-5-14;1-15(2,11-3-7-13(16)8-4-11)12-5-9-14(17)10-6-12/h4-12,20H,1-3H3,(H,21,22);3-10,16-17H,1-2H3. The van der Waals surface area contributed by atoms with Crippen molar-refractivity contribution in [3.05, 3.63) is 131 Å². The summed E-state index contributed by atoms with van der Waals surface area (Å²) in [7, 11) is 0. The molecule has 0 atom stereocenters. The lowest BCUT2D eigenvalue weighted by Gasteiger charge is -2.26. The SMILES string of the molecule is CC(=COc1ccc(C(C)(C)c2ccc(O)cc2)cc1)C(=O)O.CC(C)(c1ccc(O)cc1)c1ccc(O)cc1. The Hall–Kier alpha value is -4.71. The van der Waals surface area contributed by atoms with Crippen LogP contribution >= 0.6 is 0 Å². The van der Waals surface area contributed by atoms with E-state index in [0.717, 1.165) is 22.3 Å². The topological polar surface area (TPSA) is 107 Å². The van der Waals surface area contributed by atoms with E-state index in [1.165, 1.54) is 13.2 Å². The van der Waals surface area contributed by atoms with Crippen LogP contribution in [0.25, 0.3) is 0 Å². The monoisotopic (exact) mass is 540 g/mol. The maximum atomic E-state index is 10.7. The van der Waals surface area contributed by atoms with Gasteiger partial charge in [-0.3, -0.25) is 0 Å². The first-order chi connectivity index (χ1) is 18.8. The van der Waals surface area contributed by atoms with Gasteiger partial charge >= 0.3 is 5.97 Å². The Morgan fingerprint density at radius 2 is 0.850 bits per heavy atom. The van der Waals surface area contributed by atoms with Gasteiger partial charge in [0.15, 0.2) is 0 Å². The quantitative estimate of drug-likeness (QED) is 0.143. The smallest absolute Gasteiger partial charge is 0.334 e. The lowest BCUT2D eigenvalue weighted by atomic mass is 9.78. The molecule has 0 heterocycles. The molecule has 0 fully saturated rings. The third-order valence-electron chi connectivity index (χ3n) is 7.05. The van der Waals surface area contributed by atoms with Crippen molar-refractivity contribution in [1.29, 1.82) is 0 Å². The second-order valence-corrected chi connectivity index (χ2v) is 10.6. The molecule has 0 aliphatic heterocycles. The third kappa shape index (κ3) is 7.44. The van der Waals surface area contributed by atoms with Gasteiger partial charge in [-0.15, -0.1) is 0 Å². The molecule has 4 aromatic rings. The highest BCUT2D eigenvalue weighted by Gasteiger charge is 2.24. The molecule has 0 aliphatic rings. The van der Waals surface area contributed by atoms with Crippen molar-refractivity contribution in [2.24, 2.45) is 0 Å². The Kier molecular flexibility index (Phi) is 9.27. The lowest BCUT2D eigenvalue weighted by Crippen LogP contribution is -2.18. The largest absolute Gasteiger partial charge is 0.508 e. The van der Waals surface area contributed by atoms with E-state index in [1.807, 2.05) is 60.7 Å². The zero-order chi connectivity index (χ0) is 29.5. The molecule has 0 spiro atoms. The molecule has 0 saturated heterocycles. The summed E-state index contributed by atoms with van der Waals surface area (Å²) in [6.07, 6.45) is 1.22. The van der Waals surface area contributed by atoms with Crippen molar-refractivity contribution in [3.8, 4) is 23.0 Å². The summed E-state index contributed by atoms with van der Waals surface area (Å²) in [4.78, 5) is 10.7. The normalized spacial score (nSPS) is 11.8. The van der Waals surface area contributed by atoms with Crippen molar-refractivity contribution in [2.45, 2.75) is 45.4 Å². The number of hydrogen-bond acceptors (Lipinski definition) is 5. The van der Waals surface area contributed by atoms with Gasteiger partial charge in [0.1, 0.15) is 29.3 Å². The van der Waals surface area contributed by atoms with E-state index in [0.29, 0.717) is 5.75 Å². The minimum atomic E-state index is -1.00. The summed E-state index contributed by atoms with van der Waals surface area (Å²) >= 11 is 0. The number of carboxylic acid groups (broad SMARTS) is 1. The van der Waals surface area contributed by atoms with Crippen molar-refractivity contribution in [3.63, 3.8) is 0 Å². The van der Waals surface area contributed by atoms with Gasteiger partial charge in [0.25, 0.3) is 0 Å². The van der Waals surface area contributed by atoms with Crippen molar-refractivity contribution in [2.75, 3.05) is 0 Å². The van der Waals surface area contributed by atoms with Gasteiger partial charge in [0, 0.05) is 10.8 Å². The molecule has 4 N–H and O–H groups in total. The number of ether oxygens (including phenoxy) is 1. The third-order valence-corrected chi connectivity index (χ3v) is 7.05. The number of carboxylic acids is 1. The van der Waals surface area contributed by atoms with Crippen LogP contribution < -0.4 is 4.74 Å². The molecule has 6 nitrogen and oxygen atoms in total. The lowest BCUT2D eigenvalue weighted by molar-refractivity contribution is -0.132. The highest BCUT2D eigenvalue weighted by Crippen LogP contribution is 2.34. The Balaban J connectivity index is 0.000000230. The zero-order valence-electron chi connectivity index (χ0n) is 23.4. The van der Waals surface area contributed by atoms with Crippen LogP contribution in [0.1, 0.15) is 56.9 Å². The van der Waals surface area contributed by atoms with E-state index < -0.39 is 5.97 Å². The molecule has 0 radical (unpaired) electrons. The second-order valence-electron chi connectivity index (χ2n) is 10.6. The van der Waals surface area contributed by atoms with Gasteiger partial charge in [0.05, 0.1) is 5.57 Å². The molecule has 0 aromatic heterocycles. The molecule has 0 aliphatic carbocycles. The molecular formula is C34H36O6. The Bertz CT molecular complexity index is 1380. The Labute approximate surface area is 235 Å². The molecule has 40 heavy (non-hydrogen) atoms.